The number of amides is 3. The number of benzene rings is 1. The zero-order chi connectivity index (χ0) is 21.2. The Bertz CT molecular complexity index is 858. The summed E-state index contributed by atoms with van der Waals surface area (Å²) in [6.45, 7) is 7.32. The van der Waals surface area contributed by atoms with E-state index in [1.54, 1.807) is 28.0 Å². The molecule has 6 nitrogen and oxygen atoms in total. The number of halogens is 2. The first-order valence-electron chi connectivity index (χ1n) is 9.60. The molecule has 0 bridgehead atoms. The van der Waals surface area contributed by atoms with E-state index in [1.807, 2.05) is 20.8 Å². The normalized spacial score (nSPS) is 17.8. The predicted octanol–water partition coefficient (Wildman–Crippen LogP) is 4.14. The SMILES string of the molecule is CC(C)(C)OC(=O)N1CCN(C(=O)NC2(C#Cc3ccc(Cl)c(Cl)c3)CC2)CC1. The highest BCUT2D eigenvalue weighted by molar-refractivity contribution is 6.42. The van der Waals surface area contributed by atoms with Crippen molar-refractivity contribution in [2.75, 3.05) is 26.2 Å². The predicted molar refractivity (Wildman–Crippen MR) is 113 cm³/mol. The zero-order valence-electron chi connectivity index (χ0n) is 16.8. The molecule has 0 spiro atoms. The van der Waals surface area contributed by atoms with Crippen molar-refractivity contribution in [3.05, 3.63) is 33.8 Å². The van der Waals surface area contributed by atoms with Crippen LogP contribution in [-0.4, -0.2) is 59.2 Å². The molecule has 1 heterocycles. The van der Waals surface area contributed by atoms with Gasteiger partial charge in [-0.15, -0.1) is 0 Å². The lowest BCUT2D eigenvalue weighted by Gasteiger charge is -2.36. The minimum Gasteiger partial charge on any atom is -0.444 e. The van der Waals surface area contributed by atoms with Gasteiger partial charge in [0.2, 0.25) is 0 Å². The number of carbonyl (C=O) groups excluding carboxylic acids is 2. The number of carbonyl (C=O) groups is 2. The quantitative estimate of drug-likeness (QED) is 0.671. The molecule has 156 valence electrons. The molecule has 3 rings (SSSR count). The minimum atomic E-state index is -0.531. The molecule has 0 atom stereocenters. The molecule has 1 saturated heterocycles. The molecule has 0 radical (unpaired) electrons. The Labute approximate surface area is 181 Å². The standard InChI is InChI=1S/C21H25Cl2N3O3/c1-20(2,3)29-19(28)26-12-10-25(11-13-26)18(27)24-21(8-9-21)7-6-15-4-5-16(22)17(23)14-15/h4-5,14H,8-13H2,1-3H3,(H,24,27). The van der Waals surface area contributed by atoms with Gasteiger partial charge < -0.3 is 19.9 Å². The fourth-order valence-electron chi connectivity index (χ4n) is 2.87. The number of piperazine rings is 1. The number of nitrogens with one attached hydrogen (secondary N) is 1. The summed E-state index contributed by atoms with van der Waals surface area (Å²) in [7, 11) is 0. The second-order valence-corrected chi connectivity index (χ2v) is 9.16. The number of nitrogens with zero attached hydrogens (tertiary/aromatic N) is 2. The van der Waals surface area contributed by atoms with Crippen molar-refractivity contribution < 1.29 is 14.3 Å². The third-order valence-corrected chi connectivity index (χ3v) is 5.42. The summed E-state index contributed by atoms with van der Waals surface area (Å²) >= 11 is 11.9. The lowest BCUT2D eigenvalue weighted by molar-refractivity contribution is 0.0169. The summed E-state index contributed by atoms with van der Waals surface area (Å²) < 4.78 is 5.39. The average molecular weight is 438 g/mol. The van der Waals surface area contributed by atoms with Crippen molar-refractivity contribution in [2.45, 2.75) is 44.8 Å². The number of rotatable bonds is 1. The third kappa shape index (κ3) is 5.94. The number of ether oxygens (including phenoxy) is 1. The van der Waals surface area contributed by atoms with Gasteiger partial charge >= 0.3 is 12.1 Å². The van der Waals surface area contributed by atoms with Gasteiger partial charge in [0.1, 0.15) is 11.1 Å². The van der Waals surface area contributed by atoms with E-state index in [0.29, 0.717) is 36.2 Å². The first-order chi connectivity index (χ1) is 13.6. The van der Waals surface area contributed by atoms with Crippen LogP contribution in [0.2, 0.25) is 10.0 Å². The van der Waals surface area contributed by atoms with Crippen LogP contribution in [0.3, 0.4) is 0 Å². The highest BCUT2D eigenvalue weighted by atomic mass is 35.5. The topological polar surface area (TPSA) is 61.9 Å². The van der Waals surface area contributed by atoms with Crippen molar-refractivity contribution in [2.24, 2.45) is 0 Å². The van der Waals surface area contributed by atoms with Crippen LogP contribution in [0.15, 0.2) is 18.2 Å². The van der Waals surface area contributed by atoms with Gasteiger partial charge in [-0.05, 0) is 51.8 Å². The smallest absolute Gasteiger partial charge is 0.410 e. The van der Waals surface area contributed by atoms with Crippen molar-refractivity contribution in [3.8, 4) is 11.8 Å². The van der Waals surface area contributed by atoms with E-state index in [-0.39, 0.29) is 12.1 Å². The fourth-order valence-corrected chi connectivity index (χ4v) is 3.17. The van der Waals surface area contributed by atoms with Crippen LogP contribution in [0, 0.1) is 11.8 Å². The Morgan fingerprint density at radius 1 is 1.07 bits per heavy atom. The molecular weight excluding hydrogens is 413 g/mol. The van der Waals surface area contributed by atoms with Crippen LogP contribution >= 0.6 is 23.2 Å². The molecule has 1 aliphatic carbocycles. The molecule has 1 saturated carbocycles. The molecule has 1 aromatic rings. The lowest BCUT2D eigenvalue weighted by Crippen LogP contribution is -2.55. The Hall–Kier alpha value is -2.10. The van der Waals surface area contributed by atoms with Crippen molar-refractivity contribution in [3.63, 3.8) is 0 Å². The summed E-state index contributed by atoms with van der Waals surface area (Å²) in [5, 5.41) is 3.97. The highest BCUT2D eigenvalue weighted by Gasteiger charge is 2.44. The molecule has 0 unspecified atom stereocenters. The van der Waals surface area contributed by atoms with Crippen molar-refractivity contribution in [1.29, 1.82) is 0 Å². The van der Waals surface area contributed by atoms with Crippen molar-refractivity contribution in [1.82, 2.24) is 15.1 Å². The first kappa shape index (κ1) is 21.6. The summed E-state index contributed by atoms with van der Waals surface area (Å²) in [6.07, 6.45) is 1.28. The van der Waals surface area contributed by atoms with Gasteiger partial charge in [-0.2, -0.15) is 0 Å². The van der Waals surface area contributed by atoms with Crippen LogP contribution in [0.4, 0.5) is 9.59 Å². The highest BCUT2D eigenvalue weighted by Crippen LogP contribution is 2.35. The number of hydrogen-bond acceptors (Lipinski definition) is 3. The minimum absolute atomic E-state index is 0.158. The number of urea groups is 1. The zero-order valence-corrected chi connectivity index (χ0v) is 18.4. The van der Waals surface area contributed by atoms with Gasteiger partial charge in [0, 0.05) is 31.7 Å². The van der Waals surface area contributed by atoms with Gasteiger partial charge in [-0.25, -0.2) is 9.59 Å². The Balaban J connectivity index is 1.53. The molecular formula is C21H25Cl2N3O3. The van der Waals surface area contributed by atoms with E-state index in [9.17, 15) is 9.59 Å². The summed E-state index contributed by atoms with van der Waals surface area (Å²) in [5.41, 5.74) is -0.270. The lowest BCUT2D eigenvalue weighted by atomic mass is 10.2. The van der Waals surface area contributed by atoms with E-state index in [1.165, 1.54) is 0 Å². The molecule has 2 fully saturated rings. The summed E-state index contributed by atoms with van der Waals surface area (Å²) in [6, 6.07) is 5.06. The van der Waals surface area contributed by atoms with Gasteiger partial charge in [-0.3, -0.25) is 0 Å². The Morgan fingerprint density at radius 3 is 2.24 bits per heavy atom. The van der Waals surface area contributed by atoms with Crippen LogP contribution < -0.4 is 5.32 Å². The largest absolute Gasteiger partial charge is 0.444 e. The van der Waals surface area contributed by atoms with Gasteiger partial charge in [0.25, 0.3) is 0 Å². The van der Waals surface area contributed by atoms with Crippen molar-refractivity contribution >= 4 is 35.3 Å². The van der Waals surface area contributed by atoms with Gasteiger partial charge in [0.15, 0.2) is 0 Å². The second-order valence-electron chi connectivity index (χ2n) is 8.35. The second kappa shape index (κ2) is 8.33. The van der Waals surface area contributed by atoms with E-state index in [0.717, 1.165) is 18.4 Å². The molecule has 1 aromatic carbocycles. The molecule has 29 heavy (non-hydrogen) atoms. The summed E-state index contributed by atoms with van der Waals surface area (Å²) in [5.74, 6) is 6.23. The molecule has 8 heteroatoms. The maximum atomic E-state index is 12.6. The summed E-state index contributed by atoms with van der Waals surface area (Å²) in [4.78, 5) is 28.1. The average Bonchev–Trinajstić information content (AvgIpc) is 3.41. The number of hydrogen-bond donors (Lipinski definition) is 1. The van der Waals surface area contributed by atoms with Gasteiger partial charge in [0.05, 0.1) is 10.0 Å². The Kier molecular flexibility index (Phi) is 6.21. The molecule has 0 aromatic heterocycles. The van der Waals surface area contributed by atoms with E-state index in [4.69, 9.17) is 27.9 Å². The first-order valence-corrected chi connectivity index (χ1v) is 10.4. The van der Waals surface area contributed by atoms with Crippen LogP contribution in [0.25, 0.3) is 0 Å². The maximum Gasteiger partial charge on any atom is 0.410 e. The molecule has 3 amide bonds. The van der Waals surface area contributed by atoms with Crippen LogP contribution in [0.5, 0.6) is 0 Å². The van der Waals surface area contributed by atoms with E-state index >= 15 is 0 Å². The van der Waals surface area contributed by atoms with E-state index < -0.39 is 11.1 Å². The third-order valence-electron chi connectivity index (χ3n) is 4.68. The monoisotopic (exact) mass is 437 g/mol. The fraction of sp³-hybridized carbons (Fsp3) is 0.524. The molecule has 1 N–H and O–H groups in total. The van der Waals surface area contributed by atoms with Gasteiger partial charge in [-0.1, -0.05) is 35.0 Å². The van der Waals surface area contributed by atoms with Crippen LogP contribution in [-0.2, 0) is 4.74 Å². The van der Waals surface area contributed by atoms with E-state index in [2.05, 4.69) is 17.2 Å². The maximum absolute atomic E-state index is 12.6. The molecule has 1 aliphatic heterocycles. The molecule has 2 aliphatic rings. The Morgan fingerprint density at radius 2 is 1.69 bits per heavy atom. The van der Waals surface area contributed by atoms with Crippen LogP contribution in [0.1, 0.15) is 39.2 Å².